The SMILES string of the molecule is Cc1cccc(C)c1-n1sc2cc(F)ccc2c1=O. The lowest BCUT2D eigenvalue weighted by Gasteiger charge is -2.08. The Labute approximate surface area is 113 Å². The minimum absolute atomic E-state index is 0.0857. The maximum atomic E-state index is 13.2. The van der Waals surface area contributed by atoms with Gasteiger partial charge in [-0.25, -0.2) is 8.35 Å². The van der Waals surface area contributed by atoms with Crippen molar-refractivity contribution in [3.63, 3.8) is 0 Å². The summed E-state index contributed by atoms with van der Waals surface area (Å²) in [6.07, 6.45) is 0. The Morgan fingerprint density at radius 1 is 1.11 bits per heavy atom. The molecular weight excluding hydrogens is 261 g/mol. The van der Waals surface area contributed by atoms with E-state index in [-0.39, 0.29) is 11.4 Å². The van der Waals surface area contributed by atoms with Crippen LogP contribution in [0.5, 0.6) is 0 Å². The number of fused-ring (bicyclic) bond motifs is 1. The van der Waals surface area contributed by atoms with Crippen LogP contribution in [0.4, 0.5) is 4.39 Å². The molecule has 0 aliphatic rings. The normalized spacial score (nSPS) is 11.1. The first kappa shape index (κ1) is 12.1. The number of nitrogens with zero attached hydrogens (tertiary/aromatic N) is 1. The van der Waals surface area contributed by atoms with Crippen molar-refractivity contribution in [2.24, 2.45) is 0 Å². The van der Waals surface area contributed by atoms with Crippen LogP contribution >= 0.6 is 11.5 Å². The van der Waals surface area contributed by atoms with Crippen LogP contribution in [0.3, 0.4) is 0 Å². The van der Waals surface area contributed by atoms with Crippen molar-refractivity contribution in [3.05, 3.63) is 63.7 Å². The topological polar surface area (TPSA) is 22.0 Å². The largest absolute Gasteiger partial charge is 0.273 e. The molecule has 3 aromatic rings. The summed E-state index contributed by atoms with van der Waals surface area (Å²) in [5.74, 6) is -0.317. The first-order valence-electron chi connectivity index (χ1n) is 5.96. The molecule has 2 aromatic carbocycles. The highest BCUT2D eigenvalue weighted by Crippen LogP contribution is 2.24. The highest BCUT2D eigenvalue weighted by molar-refractivity contribution is 7.14. The molecule has 1 heterocycles. The van der Waals surface area contributed by atoms with Crippen LogP contribution in [0.15, 0.2) is 41.2 Å². The fraction of sp³-hybridized carbons (Fsp3) is 0.133. The van der Waals surface area contributed by atoms with Gasteiger partial charge in [-0.3, -0.25) is 4.79 Å². The van der Waals surface area contributed by atoms with Gasteiger partial charge in [0.2, 0.25) is 0 Å². The summed E-state index contributed by atoms with van der Waals surface area (Å²) in [5, 5.41) is 0.564. The Morgan fingerprint density at radius 3 is 2.47 bits per heavy atom. The van der Waals surface area contributed by atoms with Crippen molar-refractivity contribution in [1.82, 2.24) is 3.96 Å². The molecule has 0 atom stereocenters. The smallest absolute Gasteiger partial charge is 0.267 e. The molecule has 3 rings (SSSR count). The zero-order valence-corrected chi connectivity index (χ0v) is 11.4. The van der Waals surface area contributed by atoms with Crippen LogP contribution in [-0.4, -0.2) is 3.96 Å². The van der Waals surface area contributed by atoms with Crippen LogP contribution in [0.1, 0.15) is 11.1 Å². The Bertz CT molecular complexity index is 812. The van der Waals surface area contributed by atoms with Crippen LogP contribution in [0.2, 0.25) is 0 Å². The lowest BCUT2D eigenvalue weighted by molar-refractivity contribution is 0.630. The van der Waals surface area contributed by atoms with E-state index in [9.17, 15) is 9.18 Å². The number of aromatic nitrogens is 1. The molecule has 2 nitrogen and oxygen atoms in total. The minimum atomic E-state index is -0.317. The van der Waals surface area contributed by atoms with Gasteiger partial charge in [0, 0.05) is 0 Å². The van der Waals surface area contributed by atoms with Gasteiger partial charge in [-0.1, -0.05) is 29.7 Å². The van der Waals surface area contributed by atoms with Crippen molar-refractivity contribution in [3.8, 4) is 5.69 Å². The minimum Gasteiger partial charge on any atom is -0.267 e. The standard InChI is InChI=1S/C15H12FNOS/c1-9-4-3-5-10(2)14(9)17-15(18)12-7-6-11(16)8-13(12)19-17/h3-8H,1-2H3. The summed E-state index contributed by atoms with van der Waals surface area (Å²) in [7, 11) is 0. The first-order valence-corrected chi connectivity index (χ1v) is 6.73. The molecule has 19 heavy (non-hydrogen) atoms. The monoisotopic (exact) mass is 273 g/mol. The number of benzene rings is 2. The fourth-order valence-electron chi connectivity index (χ4n) is 2.27. The second kappa shape index (κ2) is 4.31. The molecular formula is C15H12FNOS. The number of halogens is 1. The van der Waals surface area contributed by atoms with Crippen LogP contribution in [0.25, 0.3) is 15.8 Å². The summed E-state index contributed by atoms with van der Waals surface area (Å²) in [5.41, 5.74) is 2.88. The van der Waals surface area contributed by atoms with E-state index in [0.29, 0.717) is 10.1 Å². The van der Waals surface area contributed by atoms with E-state index in [4.69, 9.17) is 0 Å². The van der Waals surface area contributed by atoms with Gasteiger partial charge in [0.1, 0.15) is 5.82 Å². The summed E-state index contributed by atoms with van der Waals surface area (Å²) in [6, 6.07) is 10.2. The lowest BCUT2D eigenvalue weighted by Crippen LogP contribution is -2.13. The second-order valence-electron chi connectivity index (χ2n) is 4.57. The highest BCUT2D eigenvalue weighted by Gasteiger charge is 2.13. The molecule has 96 valence electrons. The average Bonchev–Trinajstić information content (AvgIpc) is 2.66. The quantitative estimate of drug-likeness (QED) is 0.661. The molecule has 0 unspecified atom stereocenters. The number of para-hydroxylation sites is 1. The van der Waals surface area contributed by atoms with Gasteiger partial charge < -0.3 is 0 Å². The van der Waals surface area contributed by atoms with E-state index >= 15 is 0 Å². The lowest BCUT2D eigenvalue weighted by atomic mass is 10.1. The zero-order valence-electron chi connectivity index (χ0n) is 10.6. The van der Waals surface area contributed by atoms with Crippen molar-refractivity contribution in [2.45, 2.75) is 13.8 Å². The molecule has 1 aromatic heterocycles. The molecule has 0 radical (unpaired) electrons. The second-order valence-corrected chi connectivity index (χ2v) is 5.56. The molecule has 4 heteroatoms. The van der Waals surface area contributed by atoms with E-state index in [1.165, 1.54) is 23.7 Å². The number of aryl methyl sites for hydroxylation is 2. The average molecular weight is 273 g/mol. The Kier molecular flexibility index (Phi) is 2.75. The third-order valence-corrected chi connectivity index (χ3v) is 4.26. The summed E-state index contributed by atoms with van der Waals surface area (Å²) in [6.45, 7) is 3.94. The molecule has 0 N–H and O–H groups in total. The molecule has 0 fully saturated rings. The summed E-state index contributed by atoms with van der Waals surface area (Å²) < 4.78 is 15.6. The Balaban J connectivity index is 2.38. The third kappa shape index (κ3) is 1.88. The molecule has 0 saturated heterocycles. The summed E-state index contributed by atoms with van der Waals surface area (Å²) in [4.78, 5) is 12.4. The van der Waals surface area contributed by atoms with Crippen LogP contribution in [0, 0.1) is 19.7 Å². The van der Waals surface area contributed by atoms with E-state index in [0.717, 1.165) is 16.8 Å². The zero-order chi connectivity index (χ0) is 13.6. The van der Waals surface area contributed by atoms with Crippen LogP contribution in [-0.2, 0) is 0 Å². The Morgan fingerprint density at radius 2 is 1.79 bits per heavy atom. The molecule has 0 spiro atoms. The van der Waals surface area contributed by atoms with E-state index in [1.54, 1.807) is 10.0 Å². The number of rotatable bonds is 1. The predicted octanol–water partition coefficient (Wildman–Crippen LogP) is 3.81. The van der Waals surface area contributed by atoms with E-state index in [2.05, 4.69) is 0 Å². The van der Waals surface area contributed by atoms with E-state index in [1.807, 2.05) is 32.0 Å². The highest BCUT2D eigenvalue weighted by atomic mass is 32.1. The van der Waals surface area contributed by atoms with Crippen molar-refractivity contribution < 1.29 is 4.39 Å². The maximum absolute atomic E-state index is 13.2. The van der Waals surface area contributed by atoms with Gasteiger partial charge in [-0.2, -0.15) is 0 Å². The van der Waals surface area contributed by atoms with Gasteiger partial charge >= 0.3 is 0 Å². The molecule has 0 aliphatic heterocycles. The van der Waals surface area contributed by atoms with Gasteiger partial charge in [-0.15, -0.1) is 0 Å². The fourth-order valence-corrected chi connectivity index (χ4v) is 3.45. The third-order valence-electron chi connectivity index (χ3n) is 3.19. The van der Waals surface area contributed by atoms with E-state index < -0.39 is 0 Å². The van der Waals surface area contributed by atoms with Gasteiger partial charge in [0.25, 0.3) is 5.56 Å². The van der Waals surface area contributed by atoms with Crippen molar-refractivity contribution in [1.29, 1.82) is 0 Å². The van der Waals surface area contributed by atoms with Gasteiger partial charge in [0.15, 0.2) is 0 Å². The molecule has 0 aliphatic carbocycles. The van der Waals surface area contributed by atoms with Crippen molar-refractivity contribution in [2.75, 3.05) is 0 Å². The van der Waals surface area contributed by atoms with Crippen molar-refractivity contribution >= 4 is 21.6 Å². The number of hydrogen-bond acceptors (Lipinski definition) is 2. The first-order chi connectivity index (χ1) is 9.08. The molecule has 0 bridgehead atoms. The van der Waals surface area contributed by atoms with Crippen LogP contribution < -0.4 is 5.56 Å². The van der Waals surface area contributed by atoms with Gasteiger partial charge in [-0.05, 0) is 43.2 Å². The number of hydrogen-bond donors (Lipinski definition) is 0. The molecule has 0 saturated carbocycles. The van der Waals surface area contributed by atoms with Gasteiger partial charge in [0.05, 0.1) is 15.8 Å². The predicted molar refractivity (Wildman–Crippen MR) is 76.9 cm³/mol. The molecule has 0 amide bonds. The maximum Gasteiger partial charge on any atom is 0.273 e. The summed E-state index contributed by atoms with van der Waals surface area (Å²) >= 11 is 1.28. The Hall–Kier alpha value is -1.94.